The number of hydrogen-bond acceptors (Lipinski definition) is 2. The van der Waals surface area contributed by atoms with Gasteiger partial charge in [0.1, 0.15) is 11.6 Å². The summed E-state index contributed by atoms with van der Waals surface area (Å²) in [6, 6.07) is 12.8. The molecule has 0 saturated carbocycles. The lowest BCUT2D eigenvalue weighted by atomic mass is 9.89. The van der Waals surface area contributed by atoms with Gasteiger partial charge in [-0.1, -0.05) is 24.3 Å². The zero-order valence-electron chi connectivity index (χ0n) is 14.8. The summed E-state index contributed by atoms with van der Waals surface area (Å²) in [7, 11) is 2.05. The molecule has 6 heteroatoms. The van der Waals surface area contributed by atoms with Crippen molar-refractivity contribution in [1.29, 1.82) is 0 Å². The Morgan fingerprint density at radius 1 is 1.00 bits per heavy atom. The third kappa shape index (κ3) is 3.77. The number of halogens is 2. The Hall–Kier alpha value is -2.57. The molecule has 0 saturated heterocycles. The Labute approximate surface area is 162 Å². The maximum atomic E-state index is 13.3. The van der Waals surface area contributed by atoms with E-state index in [2.05, 4.69) is 22.6 Å². The number of thiocarbonyl (C=S) groups is 1. The number of rotatable bonds is 2. The fourth-order valence-corrected chi connectivity index (χ4v) is 3.80. The van der Waals surface area contributed by atoms with E-state index in [-0.39, 0.29) is 17.7 Å². The van der Waals surface area contributed by atoms with E-state index < -0.39 is 0 Å². The number of benzene rings is 2. The Morgan fingerprint density at radius 2 is 1.63 bits per heavy atom. The van der Waals surface area contributed by atoms with Crippen LogP contribution in [-0.2, 0) is 0 Å². The third-order valence-corrected chi connectivity index (χ3v) is 5.02. The summed E-state index contributed by atoms with van der Waals surface area (Å²) in [5.41, 5.74) is 5.12. The van der Waals surface area contributed by atoms with Crippen molar-refractivity contribution in [3.63, 3.8) is 0 Å². The Bertz CT molecular complexity index is 933. The van der Waals surface area contributed by atoms with Crippen LogP contribution >= 0.6 is 12.2 Å². The summed E-state index contributed by atoms with van der Waals surface area (Å²) in [5.74, 6) is -0.516. The molecule has 2 aromatic carbocycles. The van der Waals surface area contributed by atoms with E-state index >= 15 is 0 Å². The normalized spacial score (nSPS) is 21.7. The molecule has 0 aliphatic carbocycles. The first kappa shape index (κ1) is 17.8. The molecular weight excluding hydrogens is 364 g/mol. The zero-order valence-corrected chi connectivity index (χ0v) is 15.6. The molecule has 0 fully saturated rings. The molecular formula is C21H19F2N3S. The largest absolute Gasteiger partial charge is 0.352 e. The first-order valence-electron chi connectivity index (χ1n) is 8.70. The molecule has 2 N–H and O–H groups in total. The van der Waals surface area contributed by atoms with Gasteiger partial charge in [-0.15, -0.1) is 0 Å². The van der Waals surface area contributed by atoms with Crippen LogP contribution in [0.5, 0.6) is 0 Å². The van der Waals surface area contributed by atoms with Crippen LogP contribution in [0.2, 0.25) is 0 Å². The fraction of sp³-hybridized carbons (Fsp3) is 0.190. The molecule has 1 unspecified atom stereocenters. The maximum Gasteiger partial charge on any atom is 0.171 e. The monoisotopic (exact) mass is 383 g/mol. The van der Waals surface area contributed by atoms with Crippen LogP contribution in [0.3, 0.4) is 0 Å². The van der Waals surface area contributed by atoms with Gasteiger partial charge in [-0.25, -0.2) is 8.78 Å². The van der Waals surface area contributed by atoms with Gasteiger partial charge in [0.15, 0.2) is 5.11 Å². The van der Waals surface area contributed by atoms with E-state index in [0.717, 1.165) is 41.1 Å². The van der Waals surface area contributed by atoms with Crippen LogP contribution in [0.15, 0.2) is 65.4 Å². The number of likely N-dealkylation sites (N-methyl/N-ethyl adjacent to an activating group) is 1. The van der Waals surface area contributed by atoms with Gasteiger partial charge in [0.25, 0.3) is 0 Å². The molecule has 0 bridgehead atoms. The highest BCUT2D eigenvalue weighted by molar-refractivity contribution is 7.80. The van der Waals surface area contributed by atoms with Crippen LogP contribution in [0.1, 0.15) is 17.2 Å². The van der Waals surface area contributed by atoms with Crippen molar-refractivity contribution in [3.05, 3.63) is 88.1 Å². The number of nitrogens with one attached hydrogen (secondary N) is 2. The summed E-state index contributed by atoms with van der Waals surface area (Å²) >= 11 is 5.42. The Kier molecular flexibility index (Phi) is 4.76. The van der Waals surface area contributed by atoms with Crippen molar-refractivity contribution in [1.82, 2.24) is 15.5 Å². The molecule has 0 aromatic heterocycles. The molecule has 138 valence electrons. The van der Waals surface area contributed by atoms with E-state index in [4.69, 9.17) is 12.2 Å². The van der Waals surface area contributed by atoms with Crippen molar-refractivity contribution in [2.24, 2.45) is 0 Å². The minimum absolute atomic E-state index is 0.117. The van der Waals surface area contributed by atoms with E-state index in [1.165, 1.54) is 24.3 Å². The minimum atomic E-state index is -0.262. The Morgan fingerprint density at radius 3 is 2.30 bits per heavy atom. The topological polar surface area (TPSA) is 27.3 Å². The predicted octanol–water partition coefficient (Wildman–Crippen LogP) is 3.77. The molecule has 0 spiro atoms. The van der Waals surface area contributed by atoms with Gasteiger partial charge in [0, 0.05) is 18.8 Å². The maximum absolute atomic E-state index is 13.3. The quantitative estimate of drug-likeness (QED) is 0.772. The lowest BCUT2D eigenvalue weighted by Crippen LogP contribution is -2.49. The first-order valence-corrected chi connectivity index (χ1v) is 9.11. The van der Waals surface area contributed by atoms with Gasteiger partial charge in [0.2, 0.25) is 0 Å². The predicted molar refractivity (Wildman–Crippen MR) is 107 cm³/mol. The molecule has 2 aliphatic heterocycles. The van der Waals surface area contributed by atoms with Crippen LogP contribution in [0.25, 0.3) is 6.08 Å². The summed E-state index contributed by atoms with van der Waals surface area (Å²) in [5, 5.41) is 7.13. The van der Waals surface area contributed by atoms with Crippen LogP contribution < -0.4 is 10.6 Å². The third-order valence-electron chi connectivity index (χ3n) is 4.80. The van der Waals surface area contributed by atoms with Gasteiger partial charge >= 0.3 is 0 Å². The van der Waals surface area contributed by atoms with Crippen LogP contribution in [0, 0.1) is 11.6 Å². The minimum Gasteiger partial charge on any atom is -0.352 e. The molecule has 4 rings (SSSR count). The van der Waals surface area contributed by atoms with Crippen LogP contribution in [-0.4, -0.2) is 30.1 Å². The van der Waals surface area contributed by atoms with E-state index in [9.17, 15) is 8.78 Å². The summed E-state index contributed by atoms with van der Waals surface area (Å²) in [6.07, 6.45) is 2.05. The fourth-order valence-electron chi connectivity index (χ4n) is 3.58. The smallest absolute Gasteiger partial charge is 0.171 e. The van der Waals surface area contributed by atoms with Gasteiger partial charge < -0.3 is 10.6 Å². The highest BCUT2D eigenvalue weighted by Crippen LogP contribution is 2.33. The van der Waals surface area contributed by atoms with Crippen molar-refractivity contribution in [3.8, 4) is 0 Å². The summed E-state index contributed by atoms with van der Waals surface area (Å²) in [4.78, 5) is 2.21. The highest BCUT2D eigenvalue weighted by Gasteiger charge is 2.32. The molecule has 2 heterocycles. The average Bonchev–Trinajstić information content (AvgIpc) is 2.64. The number of hydrogen-bond donors (Lipinski definition) is 2. The van der Waals surface area contributed by atoms with Crippen molar-refractivity contribution in [2.75, 3.05) is 20.1 Å². The highest BCUT2D eigenvalue weighted by atomic mass is 32.1. The van der Waals surface area contributed by atoms with Gasteiger partial charge in [-0.05, 0) is 71.9 Å². The lowest BCUT2D eigenvalue weighted by molar-refractivity contribution is 0.364. The molecule has 2 aliphatic rings. The second-order valence-corrected chi connectivity index (χ2v) is 7.28. The second-order valence-electron chi connectivity index (χ2n) is 6.88. The van der Waals surface area contributed by atoms with Crippen molar-refractivity contribution < 1.29 is 8.78 Å². The van der Waals surface area contributed by atoms with E-state index in [1.807, 2.05) is 6.08 Å². The van der Waals surface area contributed by atoms with Crippen LogP contribution in [0.4, 0.5) is 8.78 Å². The van der Waals surface area contributed by atoms with Crippen molar-refractivity contribution >= 4 is 23.4 Å². The molecule has 3 nitrogen and oxygen atoms in total. The van der Waals surface area contributed by atoms with Gasteiger partial charge in [0.05, 0.1) is 6.04 Å². The average molecular weight is 383 g/mol. The SMILES string of the molecule is CN1CC2=C(NC(=S)NC2c2ccc(F)cc2)/C(=C/c2ccc(F)cc2)C1. The van der Waals surface area contributed by atoms with Gasteiger partial charge in [-0.3, -0.25) is 4.90 Å². The first-order chi connectivity index (χ1) is 13.0. The number of nitrogens with zero attached hydrogens (tertiary/aromatic N) is 1. The summed E-state index contributed by atoms with van der Waals surface area (Å²) in [6.45, 7) is 1.52. The molecule has 0 radical (unpaired) electrons. The summed E-state index contributed by atoms with van der Waals surface area (Å²) < 4.78 is 26.6. The standard InChI is InChI=1S/C21H19F2N3S/c1-26-11-15(10-13-2-6-16(22)7-3-13)20-18(12-26)19(24-21(27)25-20)14-4-8-17(23)9-5-14/h2-10,19H,11-12H2,1H3,(H2,24,25,27)/b15-10+. The molecule has 0 amide bonds. The lowest BCUT2D eigenvalue weighted by Gasteiger charge is -2.39. The van der Waals surface area contributed by atoms with Gasteiger partial charge in [-0.2, -0.15) is 0 Å². The molecule has 27 heavy (non-hydrogen) atoms. The Balaban J connectivity index is 1.78. The second kappa shape index (κ2) is 7.21. The van der Waals surface area contributed by atoms with E-state index in [1.54, 1.807) is 24.3 Å². The van der Waals surface area contributed by atoms with E-state index in [0.29, 0.717) is 5.11 Å². The molecule has 2 aromatic rings. The molecule has 1 atom stereocenters. The van der Waals surface area contributed by atoms with Crippen molar-refractivity contribution in [2.45, 2.75) is 6.04 Å². The zero-order chi connectivity index (χ0) is 19.0.